The van der Waals surface area contributed by atoms with Crippen LogP contribution in [0.3, 0.4) is 0 Å². The minimum Gasteiger partial charge on any atom is -0.467 e. The van der Waals surface area contributed by atoms with Gasteiger partial charge in [0, 0.05) is 6.54 Å². The molecule has 0 N–H and O–H groups in total. The molecule has 2 fully saturated rings. The fourth-order valence-corrected chi connectivity index (χ4v) is 2.93. The predicted octanol–water partition coefficient (Wildman–Crippen LogP) is -0.167. The summed E-state index contributed by atoms with van der Waals surface area (Å²) in [5.41, 5.74) is 0. The molecule has 0 saturated carbocycles. The van der Waals surface area contributed by atoms with E-state index in [1.807, 2.05) is 4.90 Å². The number of thioether (sulfide) groups is 1. The van der Waals surface area contributed by atoms with Gasteiger partial charge >= 0.3 is 0 Å². The van der Waals surface area contributed by atoms with Crippen LogP contribution in [0.25, 0.3) is 0 Å². The maximum absolute atomic E-state index is 10.9. The number of rotatable bonds is 3. The van der Waals surface area contributed by atoms with Crippen molar-refractivity contribution in [2.75, 3.05) is 13.2 Å². The molecule has 1 amide bonds. The lowest BCUT2D eigenvalue weighted by Crippen LogP contribution is -2.47. The summed E-state index contributed by atoms with van der Waals surface area (Å²) in [7, 11) is 0. The molecule has 5 heteroatoms. The van der Waals surface area contributed by atoms with Crippen LogP contribution >= 0.6 is 11.8 Å². The molecule has 0 aromatic carbocycles. The molecule has 66 valence electrons. The fraction of sp³-hybridized carbons (Fsp3) is 0.714. The van der Waals surface area contributed by atoms with Crippen LogP contribution in [0.2, 0.25) is 0 Å². The summed E-state index contributed by atoms with van der Waals surface area (Å²) in [6.45, 7) is 1.62. The van der Waals surface area contributed by atoms with E-state index in [4.69, 9.17) is 0 Å². The average Bonchev–Trinajstić information content (AvgIpc) is 2.39. The van der Waals surface area contributed by atoms with E-state index in [9.17, 15) is 9.59 Å². The first-order valence-electron chi connectivity index (χ1n) is 3.81. The Labute approximate surface area is 74.2 Å². The van der Waals surface area contributed by atoms with Crippen molar-refractivity contribution in [3.8, 4) is 0 Å². The highest BCUT2D eigenvalue weighted by atomic mass is 32.2. The van der Waals surface area contributed by atoms with E-state index in [1.165, 1.54) is 0 Å². The van der Waals surface area contributed by atoms with Crippen LogP contribution < -0.4 is 0 Å². The SMILES string of the molecule is O=COCC1CN2C(=O)C[C@H]2S1. The number of ether oxygens (including phenoxy) is 1. The number of nitrogens with zero attached hydrogens (tertiary/aromatic N) is 1. The first-order chi connectivity index (χ1) is 5.81. The molecule has 0 radical (unpaired) electrons. The molecule has 4 nitrogen and oxygen atoms in total. The summed E-state index contributed by atoms with van der Waals surface area (Å²) in [6, 6.07) is 0. The Morgan fingerprint density at radius 1 is 1.75 bits per heavy atom. The van der Waals surface area contributed by atoms with Crippen molar-refractivity contribution in [1.29, 1.82) is 0 Å². The first kappa shape index (κ1) is 7.91. The number of carbonyl (C=O) groups is 2. The third kappa shape index (κ3) is 1.18. The molecular weight excluding hydrogens is 178 g/mol. The number of fused-ring (bicyclic) bond motifs is 1. The second-order valence-corrected chi connectivity index (χ2v) is 4.38. The van der Waals surface area contributed by atoms with E-state index in [0.717, 1.165) is 6.54 Å². The Balaban J connectivity index is 1.82. The maximum atomic E-state index is 10.9. The minimum atomic E-state index is 0.223. The summed E-state index contributed by atoms with van der Waals surface area (Å²) < 4.78 is 4.64. The normalized spacial score (nSPS) is 32.7. The molecule has 0 aliphatic carbocycles. The summed E-state index contributed by atoms with van der Waals surface area (Å²) in [6.07, 6.45) is 0.655. The maximum Gasteiger partial charge on any atom is 0.293 e. The lowest BCUT2D eigenvalue weighted by atomic mass is 10.2. The zero-order valence-electron chi connectivity index (χ0n) is 6.43. The van der Waals surface area contributed by atoms with Gasteiger partial charge in [-0.3, -0.25) is 9.59 Å². The molecule has 12 heavy (non-hydrogen) atoms. The molecular formula is C7H9NO3S. The van der Waals surface area contributed by atoms with Crippen molar-refractivity contribution >= 4 is 24.1 Å². The van der Waals surface area contributed by atoms with Gasteiger partial charge in [0.2, 0.25) is 5.91 Å². The molecule has 0 aromatic rings. The third-order valence-electron chi connectivity index (χ3n) is 2.12. The summed E-state index contributed by atoms with van der Waals surface area (Å²) in [5.74, 6) is 0.223. The molecule has 2 aliphatic heterocycles. The highest BCUT2D eigenvalue weighted by Gasteiger charge is 2.44. The van der Waals surface area contributed by atoms with Crippen LogP contribution in [-0.2, 0) is 14.3 Å². The van der Waals surface area contributed by atoms with E-state index in [0.29, 0.717) is 24.9 Å². The molecule has 2 rings (SSSR count). The van der Waals surface area contributed by atoms with Crippen LogP contribution in [0.5, 0.6) is 0 Å². The van der Waals surface area contributed by atoms with Crippen molar-refractivity contribution < 1.29 is 14.3 Å². The molecule has 2 aliphatic rings. The van der Waals surface area contributed by atoms with Gasteiger partial charge in [0.25, 0.3) is 6.47 Å². The van der Waals surface area contributed by atoms with Crippen molar-refractivity contribution in [2.24, 2.45) is 0 Å². The summed E-state index contributed by atoms with van der Waals surface area (Å²) in [5, 5.41) is 0.643. The Kier molecular flexibility index (Phi) is 1.96. The van der Waals surface area contributed by atoms with Gasteiger partial charge in [-0.15, -0.1) is 11.8 Å². The largest absolute Gasteiger partial charge is 0.467 e. The molecule has 2 heterocycles. The van der Waals surface area contributed by atoms with Crippen LogP contribution in [-0.4, -0.2) is 41.1 Å². The number of hydrogen-bond acceptors (Lipinski definition) is 4. The topological polar surface area (TPSA) is 46.6 Å². The second-order valence-electron chi connectivity index (χ2n) is 2.89. The number of hydrogen-bond donors (Lipinski definition) is 0. The van der Waals surface area contributed by atoms with Gasteiger partial charge in [0.1, 0.15) is 6.61 Å². The highest BCUT2D eigenvalue weighted by Crippen LogP contribution is 2.39. The van der Waals surface area contributed by atoms with Crippen LogP contribution in [0.4, 0.5) is 0 Å². The quantitative estimate of drug-likeness (QED) is 0.455. The zero-order chi connectivity index (χ0) is 8.55. The van der Waals surface area contributed by atoms with Crippen LogP contribution in [0, 0.1) is 0 Å². The fourth-order valence-electron chi connectivity index (χ4n) is 1.49. The Morgan fingerprint density at radius 3 is 3.17 bits per heavy atom. The van der Waals surface area contributed by atoms with Gasteiger partial charge < -0.3 is 9.64 Å². The molecule has 0 aromatic heterocycles. The van der Waals surface area contributed by atoms with Gasteiger partial charge in [-0.1, -0.05) is 0 Å². The molecule has 2 atom stereocenters. The minimum absolute atomic E-state index is 0.223. The monoisotopic (exact) mass is 187 g/mol. The Bertz CT molecular complexity index is 221. The van der Waals surface area contributed by atoms with Gasteiger partial charge in [0.05, 0.1) is 17.0 Å². The standard InChI is InChI=1S/C7H9NO3S/c9-4-11-3-5-2-8-6(10)1-7(8)12-5/h4-5,7H,1-3H2/t5?,7-/m1/s1. The highest BCUT2D eigenvalue weighted by molar-refractivity contribution is 8.00. The summed E-state index contributed by atoms with van der Waals surface area (Å²) >= 11 is 1.73. The van der Waals surface area contributed by atoms with E-state index >= 15 is 0 Å². The second kappa shape index (κ2) is 2.97. The number of carbonyl (C=O) groups excluding carboxylic acids is 2. The van der Waals surface area contributed by atoms with E-state index in [1.54, 1.807) is 11.8 Å². The van der Waals surface area contributed by atoms with Crippen molar-refractivity contribution in [2.45, 2.75) is 17.0 Å². The molecule has 0 bridgehead atoms. The van der Waals surface area contributed by atoms with Crippen LogP contribution in [0.1, 0.15) is 6.42 Å². The number of amides is 1. The molecule has 0 spiro atoms. The molecule has 1 unspecified atom stereocenters. The van der Waals surface area contributed by atoms with Gasteiger partial charge in [0.15, 0.2) is 0 Å². The van der Waals surface area contributed by atoms with Gasteiger partial charge in [-0.25, -0.2) is 0 Å². The van der Waals surface area contributed by atoms with E-state index in [-0.39, 0.29) is 11.2 Å². The van der Waals surface area contributed by atoms with Crippen molar-refractivity contribution in [1.82, 2.24) is 4.90 Å². The lowest BCUT2D eigenvalue weighted by molar-refractivity contribution is -0.140. The first-order valence-corrected chi connectivity index (χ1v) is 4.75. The Morgan fingerprint density at radius 2 is 2.58 bits per heavy atom. The Hall–Kier alpha value is -0.710. The van der Waals surface area contributed by atoms with Crippen molar-refractivity contribution in [3.63, 3.8) is 0 Å². The lowest BCUT2D eigenvalue weighted by Gasteiger charge is -2.32. The third-order valence-corrected chi connectivity index (χ3v) is 3.52. The van der Waals surface area contributed by atoms with Crippen LogP contribution in [0.15, 0.2) is 0 Å². The average molecular weight is 187 g/mol. The van der Waals surface area contributed by atoms with Gasteiger partial charge in [-0.05, 0) is 0 Å². The smallest absolute Gasteiger partial charge is 0.293 e. The summed E-state index contributed by atoms with van der Waals surface area (Å²) in [4.78, 5) is 22.7. The molecule has 2 saturated heterocycles. The van der Waals surface area contributed by atoms with Crippen molar-refractivity contribution in [3.05, 3.63) is 0 Å². The van der Waals surface area contributed by atoms with Gasteiger partial charge in [-0.2, -0.15) is 0 Å². The van der Waals surface area contributed by atoms with E-state index < -0.39 is 0 Å². The number of β-lactam (4-membered cyclic amide) rings is 1. The van der Waals surface area contributed by atoms with E-state index in [2.05, 4.69) is 4.74 Å². The zero-order valence-corrected chi connectivity index (χ0v) is 7.25. The predicted molar refractivity (Wildman–Crippen MR) is 43.5 cm³/mol.